The van der Waals surface area contributed by atoms with Crippen molar-refractivity contribution in [3.05, 3.63) is 66.2 Å². The summed E-state index contributed by atoms with van der Waals surface area (Å²) >= 11 is 0. The molecule has 2 N–H and O–H groups in total. The Morgan fingerprint density at radius 1 is 0.963 bits per heavy atom. The quantitative estimate of drug-likeness (QED) is 0.822. The van der Waals surface area contributed by atoms with Gasteiger partial charge in [-0.3, -0.25) is 14.4 Å². The molecule has 6 heteroatoms. The number of para-hydroxylation sites is 1. The summed E-state index contributed by atoms with van der Waals surface area (Å²) in [5.74, 6) is -0.635. The van der Waals surface area contributed by atoms with Gasteiger partial charge in [0.2, 0.25) is 17.7 Å². The van der Waals surface area contributed by atoms with Gasteiger partial charge in [0.15, 0.2) is 0 Å². The second kappa shape index (κ2) is 8.98. The highest BCUT2D eigenvalue weighted by molar-refractivity contribution is 5.98. The summed E-state index contributed by atoms with van der Waals surface area (Å²) in [6.45, 7) is 0.432. The molecule has 0 bridgehead atoms. The number of nitrogens with one attached hydrogen (secondary N) is 2. The zero-order chi connectivity index (χ0) is 19.1. The predicted octanol–water partition coefficient (Wildman–Crippen LogP) is 1.97. The maximum atomic E-state index is 12.5. The number of amides is 3. The predicted molar refractivity (Wildman–Crippen MR) is 103 cm³/mol. The van der Waals surface area contributed by atoms with Gasteiger partial charge in [0, 0.05) is 12.2 Å². The van der Waals surface area contributed by atoms with E-state index in [0.717, 1.165) is 12.0 Å². The number of hydrogen-bond acceptors (Lipinski definition) is 3. The van der Waals surface area contributed by atoms with Gasteiger partial charge in [0.25, 0.3) is 0 Å². The fourth-order valence-electron chi connectivity index (χ4n) is 3.20. The Bertz CT molecular complexity index is 793. The average molecular weight is 365 g/mol. The van der Waals surface area contributed by atoms with Gasteiger partial charge in [0.05, 0.1) is 13.0 Å². The zero-order valence-electron chi connectivity index (χ0n) is 15.1. The number of likely N-dealkylation sites (tertiary alicyclic amines) is 1. The first-order valence-corrected chi connectivity index (χ1v) is 9.09. The molecule has 1 saturated heterocycles. The van der Waals surface area contributed by atoms with Gasteiger partial charge in [-0.05, 0) is 30.5 Å². The van der Waals surface area contributed by atoms with Gasteiger partial charge in [-0.2, -0.15) is 0 Å². The van der Waals surface area contributed by atoms with E-state index in [4.69, 9.17) is 0 Å². The molecule has 2 aromatic rings. The number of rotatable bonds is 6. The van der Waals surface area contributed by atoms with E-state index in [-0.39, 0.29) is 30.7 Å². The molecule has 3 rings (SSSR count). The summed E-state index contributed by atoms with van der Waals surface area (Å²) in [5, 5.41) is 5.50. The van der Waals surface area contributed by atoms with E-state index in [0.29, 0.717) is 18.7 Å². The summed E-state index contributed by atoms with van der Waals surface area (Å²) in [5.41, 5.74) is 1.60. The Hall–Kier alpha value is -3.15. The minimum Gasteiger partial charge on any atom is -0.347 e. The van der Waals surface area contributed by atoms with E-state index in [1.54, 1.807) is 4.90 Å². The normalized spacial score (nSPS) is 16.0. The Labute approximate surface area is 158 Å². The van der Waals surface area contributed by atoms with Gasteiger partial charge >= 0.3 is 0 Å². The van der Waals surface area contributed by atoms with Crippen molar-refractivity contribution in [2.24, 2.45) is 0 Å². The highest BCUT2D eigenvalue weighted by Gasteiger charge is 2.33. The molecule has 1 unspecified atom stereocenters. The van der Waals surface area contributed by atoms with Gasteiger partial charge in [-0.1, -0.05) is 48.5 Å². The zero-order valence-corrected chi connectivity index (χ0v) is 15.1. The standard InChI is InChI=1S/C21H23N3O3/c25-19(14-16-8-3-1-4-9-16)22-15-20(26)24-13-7-12-18(24)21(27)23-17-10-5-2-6-11-17/h1-6,8-11,18H,7,12-15H2,(H,22,25)(H,23,27). The van der Waals surface area contributed by atoms with Crippen molar-refractivity contribution in [3.63, 3.8) is 0 Å². The Morgan fingerprint density at radius 2 is 1.63 bits per heavy atom. The van der Waals surface area contributed by atoms with Crippen LogP contribution in [0.1, 0.15) is 18.4 Å². The van der Waals surface area contributed by atoms with Crippen molar-refractivity contribution < 1.29 is 14.4 Å². The maximum absolute atomic E-state index is 12.5. The molecule has 1 aliphatic rings. The van der Waals surface area contributed by atoms with Crippen LogP contribution in [0.15, 0.2) is 60.7 Å². The highest BCUT2D eigenvalue weighted by atomic mass is 16.2. The molecule has 140 valence electrons. The van der Waals surface area contributed by atoms with E-state index >= 15 is 0 Å². The maximum Gasteiger partial charge on any atom is 0.247 e. The molecule has 0 aliphatic carbocycles. The van der Waals surface area contributed by atoms with Crippen LogP contribution in [0.4, 0.5) is 5.69 Å². The summed E-state index contributed by atoms with van der Waals surface area (Å²) in [6, 6.07) is 18.0. The minimum atomic E-state index is -0.497. The third kappa shape index (κ3) is 5.17. The van der Waals surface area contributed by atoms with Crippen LogP contribution in [0.2, 0.25) is 0 Å². The third-order valence-electron chi connectivity index (χ3n) is 4.56. The second-order valence-corrected chi connectivity index (χ2v) is 6.54. The Balaban J connectivity index is 1.51. The molecule has 6 nitrogen and oxygen atoms in total. The first-order valence-electron chi connectivity index (χ1n) is 9.09. The lowest BCUT2D eigenvalue weighted by molar-refractivity contribution is -0.137. The molecular formula is C21H23N3O3. The summed E-state index contributed by atoms with van der Waals surface area (Å²) in [7, 11) is 0. The summed E-state index contributed by atoms with van der Waals surface area (Å²) in [6.07, 6.45) is 1.63. The second-order valence-electron chi connectivity index (χ2n) is 6.54. The van der Waals surface area contributed by atoms with Crippen molar-refractivity contribution in [2.75, 3.05) is 18.4 Å². The van der Waals surface area contributed by atoms with Crippen molar-refractivity contribution in [1.29, 1.82) is 0 Å². The van der Waals surface area contributed by atoms with Gasteiger partial charge in [0.1, 0.15) is 6.04 Å². The van der Waals surface area contributed by atoms with Crippen LogP contribution < -0.4 is 10.6 Å². The smallest absolute Gasteiger partial charge is 0.247 e. The molecule has 1 aliphatic heterocycles. The molecule has 1 fully saturated rings. The number of nitrogens with zero attached hydrogens (tertiary/aromatic N) is 1. The monoisotopic (exact) mass is 365 g/mol. The highest BCUT2D eigenvalue weighted by Crippen LogP contribution is 2.19. The largest absolute Gasteiger partial charge is 0.347 e. The fourth-order valence-corrected chi connectivity index (χ4v) is 3.20. The lowest BCUT2D eigenvalue weighted by atomic mass is 10.1. The lowest BCUT2D eigenvalue weighted by Gasteiger charge is -2.24. The Kier molecular flexibility index (Phi) is 6.20. The summed E-state index contributed by atoms with van der Waals surface area (Å²) < 4.78 is 0. The molecule has 27 heavy (non-hydrogen) atoms. The number of anilines is 1. The molecule has 1 atom stereocenters. The molecule has 0 saturated carbocycles. The van der Waals surface area contributed by atoms with Crippen LogP contribution in [0.3, 0.4) is 0 Å². The van der Waals surface area contributed by atoms with Crippen LogP contribution in [0.25, 0.3) is 0 Å². The molecule has 1 heterocycles. The molecule has 0 aromatic heterocycles. The van der Waals surface area contributed by atoms with Gasteiger partial charge in [-0.15, -0.1) is 0 Å². The van der Waals surface area contributed by atoms with Crippen molar-refractivity contribution in [2.45, 2.75) is 25.3 Å². The number of carbonyl (C=O) groups excluding carboxylic acids is 3. The van der Waals surface area contributed by atoms with E-state index in [1.165, 1.54) is 0 Å². The van der Waals surface area contributed by atoms with Crippen LogP contribution in [0.5, 0.6) is 0 Å². The molecule has 3 amide bonds. The molecular weight excluding hydrogens is 342 g/mol. The number of benzene rings is 2. The van der Waals surface area contributed by atoms with Gasteiger partial charge in [-0.25, -0.2) is 0 Å². The van der Waals surface area contributed by atoms with Crippen LogP contribution in [0, 0.1) is 0 Å². The fraction of sp³-hybridized carbons (Fsp3) is 0.286. The SMILES string of the molecule is O=C(Cc1ccccc1)NCC(=O)N1CCCC1C(=O)Nc1ccccc1. The van der Waals surface area contributed by atoms with E-state index in [1.807, 2.05) is 60.7 Å². The van der Waals surface area contributed by atoms with Crippen LogP contribution >= 0.6 is 0 Å². The average Bonchev–Trinajstić information content (AvgIpc) is 3.18. The lowest BCUT2D eigenvalue weighted by Crippen LogP contribution is -2.47. The van der Waals surface area contributed by atoms with Crippen LogP contribution in [-0.2, 0) is 20.8 Å². The minimum absolute atomic E-state index is 0.0964. The Morgan fingerprint density at radius 3 is 2.33 bits per heavy atom. The third-order valence-corrected chi connectivity index (χ3v) is 4.56. The van der Waals surface area contributed by atoms with Crippen LogP contribution in [-0.4, -0.2) is 41.8 Å². The summed E-state index contributed by atoms with van der Waals surface area (Å²) in [4.78, 5) is 38.6. The van der Waals surface area contributed by atoms with Crippen molar-refractivity contribution >= 4 is 23.4 Å². The van der Waals surface area contributed by atoms with Gasteiger partial charge < -0.3 is 15.5 Å². The van der Waals surface area contributed by atoms with Crippen molar-refractivity contribution in [3.8, 4) is 0 Å². The van der Waals surface area contributed by atoms with E-state index in [2.05, 4.69) is 10.6 Å². The van der Waals surface area contributed by atoms with Crippen molar-refractivity contribution in [1.82, 2.24) is 10.2 Å². The number of carbonyl (C=O) groups is 3. The molecule has 0 spiro atoms. The number of hydrogen-bond donors (Lipinski definition) is 2. The topological polar surface area (TPSA) is 78.5 Å². The first-order chi connectivity index (χ1) is 13.1. The first kappa shape index (κ1) is 18.6. The van der Waals surface area contributed by atoms with E-state index < -0.39 is 6.04 Å². The molecule has 0 radical (unpaired) electrons. The van der Waals surface area contributed by atoms with E-state index in [9.17, 15) is 14.4 Å². The molecule has 2 aromatic carbocycles.